The molecule has 2 amide bonds. The molecule has 0 atom stereocenters. The summed E-state index contributed by atoms with van der Waals surface area (Å²) >= 11 is 5.89. The highest BCUT2D eigenvalue weighted by Crippen LogP contribution is 2.17. The number of hydrogen-bond acceptors (Lipinski definition) is 4. The second-order valence-electron chi connectivity index (χ2n) is 5.31. The SMILES string of the molecule is CN(CCOc1cccc(Cl)c1)C(=O)c1ccc(OCC(N)=O)cc1. The van der Waals surface area contributed by atoms with E-state index < -0.39 is 5.91 Å². The first-order valence-electron chi connectivity index (χ1n) is 7.60. The lowest BCUT2D eigenvalue weighted by Gasteiger charge is -2.18. The summed E-state index contributed by atoms with van der Waals surface area (Å²) in [6.45, 7) is 0.571. The van der Waals surface area contributed by atoms with Gasteiger partial charge in [-0.05, 0) is 42.5 Å². The molecule has 0 heterocycles. The van der Waals surface area contributed by atoms with Crippen molar-refractivity contribution >= 4 is 23.4 Å². The van der Waals surface area contributed by atoms with E-state index in [0.717, 1.165) is 0 Å². The molecule has 7 heteroatoms. The van der Waals surface area contributed by atoms with Crippen molar-refractivity contribution in [3.05, 3.63) is 59.1 Å². The van der Waals surface area contributed by atoms with E-state index in [0.29, 0.717) is 35.2 Å². The maximum atomic E-state index is 12.4. The van der Waals surface area contributed by atoms with Gasteiger partial charge in [0.05, 0.1) is 6.54 Å². The first-order chi connectivity index (χ1) is 12.0. The van der Waals surface area contributed by atoms with Crippen LogP contribution in [0.3, 0.4) is 0 Å². The molecule has 0 fully saturated rings. The Hall–Kier alpha value is -2.73. The Balaban J connectivity index is 1.83. The molecule has 0 bridgehead atoms. The monoisotopic (exact) mass is 362 g/mol. The molecule has 2 N–H and O–H groups in total. The Labute approximate surface area is 151 Å². The van der Waals surface area contributed by atoms with Gasteiger partial charge in [0.15, 0.2) is 6.61 Å². The zero-order chi connectivity index (χ0) is 18.2. The van der Waals surface area contributed by atoms with Gasteiger partial charge in [-0.25, -0.2) is 0 Å². The Morgan fingerprint density at radius 2 is 1.80 bits per heavy atom. The number of nitrogens with zero attached hydrogens (tertiary/aromatic N) is 1. The molecule has 0 aliphatic heterocycles. The Morgan fingerprint density at radius 1 is 1.08 bits per heavy atom. The Kier molecular flexibility index (Phi) is 6.65. The molecule has 0 saturated carbocycles. The van der Waals surface area contributed by atoms with Gasteiger partial charge in [0.2, 0.25) is 0 Å². The molecule has 0 unspecified atom stereocenters. The van der Waals surface area contributed by atoms with Crippen LogP contribution in [0.2, 0.25) is 5.02 Å². The fraction of sp³-hybridized carbons (Fsp3) is 0.222. The summed E-state index contributed by atoms with van der Waals surface area (Å²) in [5.41, 5.74) is 5.52. The third kappa shape index (κ3) is 6.00. The molecular weight excluding hydrogens is 344 g/mol. The smallest absolute Gasteiger partial charge is 0.255 e. The minimum atomic E-state index is -0.556. The van der Waals surface area contributed by atoms with Gasteiger partial charge in [-0.1, -0.05) is 17.7 Å². The highest BCUT2D eigenvalue weighted by atomic mass is 35.5. The third-order valence-electron chi connectivity index (χ3n) is 3.32. The average Bonchev–Trinajstić information content (AvgIpc) is 2.59. The van der Waals surface area contributed by atoms with Gasteiger partial charge in [0.25, 0.3) is 11.8 Å². The molecule has 0 saturated heterocycles. The number of ether oxygens (including phenoxy) is 2. The molecule has 2 aromatic rings. The maximum Gasteiger partial charge on any atom is 0.255 e. The van der Waals surface area contributed by atoms with Gasteiger partial charge in [-0.2, -0.15) is 0 Å². The van der Waals surface area contributed by atoms with Gasteiger partial charge in [0.1, 0.15) is 18.1 Å². The van der Waals surface area contributed by atoms with Gasteiger partial charge in [-0.15, -0.1) is 0 Å². The number of primary amides is 1. The fourth-order valence-corrected chi connectivity index (χ4v) is 2.21. The highest BCUT2D eigenvalue weighted by Gasteiger charge is 2.12. The van der Waals surface area contributed by atoms with Crippen LogP contribution in [-0.2, 0) is 4.79 Å². The van der Waals surface area contributed by atoms with Gasteiger partial charge >= 0.3 is 0 Å². The number of halogens is 1. The molecule has 6 nitrogen and oxygen atoms in total. The minimum absolute atomic E-state index is 0.142. The fourth-order valence-electron chi connectivity index (χ4n) is 2.03. The van der Waals surface area contributed by atoms with E-state index in [9.17, 15) is 9.59 Å². The molecule has 0 spiro atoms. The van der Waals surface area contributed by atoms with Crippen LogP contribution in [0.1, 0.15) is 10.4 Å². The topological polar surface area (TPSA) is 81.9 Å². The van der Waals surface area contributed by atoms with E-state index in [2.05, 4.69) is 0 Å². The normalized spacial score (nSPS) is 10.2. The van der Waals surface area contributed by atoms with Crippen LogP contribution in [0.15, 0.2) is 48.5 Å². The number of carbonyl (C=O) groups excluding carboxylic acids is 2. The number of rotatable bonds is 8. The number of nitrogens with two attached hydrogens (primary N) is 1. The Bertz CT molecular complexity index is 734. The second kappa shape index (κ2) is 8.94. The van der Waals surface area contributed by atoms with E-state index in [-0.39, 0.29) is 12.5 Å². The summed E-state index contributed by atoms with van der Waals surface area (Å²) in [7, 11) is 1.70. The predicted molar refractivity (Wildman–Crippen MR) is 95.0 cm³/mol. The zero-order valence-electron chi connectivity index (χ0n) is 13.8. The van der Waals surface area contributed by atoms with Crippen molar-refractivity contribution in [1.29, 1.82) is 0 Å². The first-order valence-corrected chi connectivity index (χ1v) is 7.98. The van der Waals surface area contributed by atoms with Crippen LogP contribution in [0, 0.1) is 0 Å². The van der Waals surface area contributed by atoms with Crippen LogP contribution in [0.25, 0.3) is 0 Å². The summed E-state index contributed by atoms with van der Waals surface area (Å²) in [5, 5.41) is 0.598. The quantitative estimate of drug-likeness (QED) is 0.781. The van der Waals surface area contributed by atoms with E-state index in [4.69, 9.17) is 26.8 Å². The first kappa shape index (κ1) is 18.6. The Morgan fingerprint density at radius 3 is 2.44 bits per heavy atom. The lowest BCUT2D eigenvalue weighted by atomic mass is 10.2. The molecule has 0 aromatic heterocycles. The maximum absolute atomic E-state index is 12.4. The van der Waals surface area contributed by atoms with Gasteiger partial charge in [-0.3, -0.25) is 9.59 Å². The van der Waals surface area contributed by atoms with Crippen molar-refractivity contribution in [1.82, 2.24) is 4.90 Å². The predicted octanol–water partition coefficient (Wildman–Crippen LogP) is 2.36. The van der Waals surface area contributed by atoms with Crippen LogP contribution in [0.4, 0.5) is 0 Å². The van der Waals surface area contributed by atoms with Crippen LogP contribution < -0.4 is 15.2 Å². The second-order valence-corrected chi connectivity index (χ2v) is 5.75. The van der Waals surface area contributed by atoms with Crippen molar-refractivity contribution in [2.75, 3.05) is 26.8 Å². The lowest BCUT2D eigenvalue weighted by Crippen LogP contribution is -2.30. The highest BCUT2D eigenvalue weighted by molar-refractivity contribution is 6.30. The van der Waals surface area contributed by atoms with Crippen LogP contribution >= 0.6 is 11.6 Å². The van der Waals surface area contributed by atoms with Crippen molar-refractivity contribution < 1.29 is 19.1 Å². The van der Waals surface area contributed by atoms with E-state index >= 15 is 0 Å². The number of amides is 2. The van der Waals surface area contributed by atoms with Crippen LogP contribution in [0.5, 0.6) is 11.5 Å². The molecule has 0 radical (unpaired) electrons. The largest absolute Gasteiger partial charge is 0.492 e. The summed E-state index contributed by atoms with van der Waals surface area (Å²) in [6, 6.07) is 13.6. The number of likely N-dealkylation sites (N-methyl/N-ethyl adjacent to an activating group) is 1. The van der Waals surface area contributed by atoms with E-state index in [1.54, 1.807) is 60.5 Å². The zero-order valence-corrected chi connectivity index (χ0v) is 14.5. The van der Waals surface area contributed by atoms with Gasteiger partial charge in [0, 0.05) is 17.6 Å². The molecule has 0 aliphatic rings. The van der Waals surface area contributed by atoms with E-state index in [1.807, 2.05) is 0 Å². The summed E-state index contributed by atoms with van der Waals surface area (Å²) < 4.78 is 10.7. The number of benzene rings is 2. The summed E-state index contributed by atoms with van der Waals surface area (Å²) in [4.78, 5) is 24.6. The summed E-state index contributed by atoms with van der Waals surface area (Å²) in [5.74, 6) is 0.433. The third-order valence-corrected chi connectivity index (χ3v) is 3.56. The molecule has 132 valence electrons. The molecule has 0 aliphatic carbocycles. The van der Waals surface area contributed by atoms with Crippen molar-refractivity contribution in [3.8, 4) is 11.5 Å². The van der Waals surface area contributed by atoms with Crippen molar-refractivity contribution in [2.45, 2.75) is 0 Å². The van der Waals surface area contributed by atoms with Crippen molar-refractivity contribution in [2.24, 2.45) is 5.73 Å². The average molecular weight is 363 g/mol. The molecule has 25 heavy (non-hydrogen) atoms. The molecular formula is C18H19ClN2O4. The van der Waals surface area contributed by atoms with Crippen LogP contribution in [-0.4, -0.2) is 43.5 Å². The summed E-state index contributed by atoms with van der Waals surface area (Å²) in [6.07, 6.45) is 0. The lowest BCUT2D eigenvalue weighted by molar-refractivity contribution is -0.119. The molecule has 2 aromatic carbocycles. The van der Waals surface area contributed by atoms with Crippen molar-refractivity contribution in [3.63, 3.8) is 0 Å². The number of carbonyl (C=O) groups is 2. The molecule has 2 rings (SSSR count). The number of hydrogen-bond donors (Lipinski definition) is 1. The standard InChI is InChI=1S/C18H19ClN2O4/c1-21(9-10-24-16-4-2-3-14(19)11-16)18(23)13-5-7-15(8-6-13)25-12-17(20)22/h2-8,11H,9-10,12H2,1H3,(H2,20,22). The minimum Gasteiger partial charge on any atom is -0.492 e. The van der Waals surface area contributed by atoms with Gasteiger partial charge < -0.3 is 20.1 Å². The van der Waals surface area contributed by atoms with E-state index in [1.165, 1.54) is 0 Å².